The number of nitrogens with zero attached hydrogens (tertiary/aromatic N) is 4. The van der Waals surface area contributed by atoms with Crippen LogP contribution in [0.4, 0.5) is 13.2 Å². The topological polar surface area (TPSA) is 72.2 Å². The van der Waals surface area contributed by atoms with Crippen molar-refractivity contribution in [3.05, 3.63) is 47.9 Å². The number of fused-ring (bicyclic) bond motifs is 1. The lowest BCUT2D eigenvalue weighted by atomic mass is 10.2. The van der Waals surface area contributed by atoms with Crippen molar-refractivity contribution in [3.63, 3.8) is 0 Å². The normalized spacial score (nSPS) is 13.0. The van der Waals surface area contributed by atoms with E-state index in [9.17, 15) is 18.0 Å². The van der Waals surface area contributed by atoms with Gasteiger partial charge < -0.3 is 5.32 Å². The molecule has 0 aromatic carbocycles. The molecule has 0 aliphatic heterocycles. The highest BCUT2D eigenvalue weighted by Crippen LogP contribution is 2.22. The largest absolute Gasteiger partial charge is 0.408 e. The predicted octanol–water partition coefficient (Wildman–Crippen LogP) is 3.03. The van der Waals surface area contributed by atoms with Crippen molar-refractivity contribution in [3.8, 4) is 11.4 Å². The molecule has 0 spiro atoms. The lowest BCUT2D eigenvalue weighted by Crippen LogP contribution is -2.43. The predicted molar refractivity (Wildman–Crippen MR) is 88.6 cm³/mol. The van der Waals surface area contributed by atoms with Gasteiger partial charge in [0.05, 0.1) is 17.6 Å². The summed E-state index contributed by atoms with van der Waals surface area (Å²) in [5.41, 5.74) is 2.05. The summed E-state index contributed by atoms with van der Waals surface area (Å²) in [7, 11) is 0. The van der Waals surface area contributed by atoms with Gasteiger partial charge in [0, 0.05) is 11.9 Å². The third-order valence-corrected chi connectivity index (χ3v) is 3.92. The van der Waals surface area contributed by atoms with Crippen molar-refractivity contribution < 1.29 is 18.0 Å². The van der Waals surface area contributed by atoms with Gasteiger partial charge in [-0.15, -0.1) is 0 Å². The molecule has 3 aromatic heterocycles. The van der Waals surface area contributed by atoms with Crippen LogP contribution < -0.4 is 5.32 Å². The van der Waals surface area contributed by atoms with Gasteiger partial charge >= 0.3 is 6.18 Å². The van der Waals surface area contributed by atoms with Crippen LogP contribution in [-0.2, 0) is 6.42 Å². The van der Waals surface area contributed by atoms with E-state index in [0.717, 1.165) is 12.6 Å². The number of aromatic nitrogens is 4. The van der Waals surface area contributed by atoms with Crippen LogP contribution in [0, 0.1) is 0 Å². The highest BCUT2D eigenvalue weighted by atomic mass is 19.4. The van der Waals surface area contributed by atoms with Crippen LogP contribution in [0.2, 0.25) is 0 Å². The van der Waals surface area contributed by atoms with Crippen LogP contribution in [-0.4, -0.2) is 37.7 Å². The van der Waals surface area contributed by atoms with Crippen molar-refractivity contribution in [2.24, 2.45) is 0 Å². The minimum Gasteiger partial charge on any atom is -0.340 e. The summed E-state index contributed by atoms with van der Waals surface area (Å²) >= 11 is 0. The Morgan fingerprint density at radius 1 is 1.31 bits per heavy atom. The number of carbonyl (C=O) groups is 1. The van der Waals surface area contributed by atoms with E-state index in [1.54, 1.807) is 30.5 Å². The molecule has 0 saturated carbocycles. The van der Waals surface area contributed by atoms with Gasteiger partial charge in [-0.2, -0.15) is 18.3 Å². The second-order valence-corrected chi connectivity index (χ2v) is 5.73. The molecule has 1 unspecified atom stereocenters. The van der Waals surface area contributed by atoms with Gasteiger partial charge in [0.1, 0.15) is 11.6 Å². The molecule has 1 amide bonds. The van der Waals surface area contributed by atoms with E-state index in [2.05, 4.69) is 15.1 Å². The van der Waals surface area contributed by atoms with E-state index in [4.69, 9.17) is 0 Å². The zero-order chi connectivity index (χ0) is 18.9. The van der Waals surface area contributed by atoms with Crippen molar-refractivity contribution in [2.45, 2.75) is 32.5 Å². The number of halogens is 3. The van der Waals surface area contributed by atoms with Crippen molar-refractivity contribution in [1.29, 1.82) is 0 Å². The lowest BCUT2D eigenvalue weighted by molar-refractivity contribution is -0.149. The number of amides is 1. The summed E-state index contributed by atoms with van der Waals surface area (Å²) in [4.78, 5) is 20.9. The van der Waals surface area contributed by atoms with E-state index in [1.165, 1.54) is 10.7 Å². The third-order valence-electron chi connectivity index (χ3n) is 3.92. The molecule has 6 nitrogen and oxygen atoms in total. The number of pyridine rings is 1. The number of rotatable bonds is 4. The molecule has 0 radical (unpaired) electrons. The van der Waals surface area contributed by atoms with E-state index < -0.39 is 18.1 Å². The minimum atomic E-state index is -4.53. The van der Waals surface area contributed by atoms with Crippen molar-refractivity contribution in [1.82, 2.24) is 24.9 Å². The maximum Gasteiger partial charge on any atom is 0.408 e. The number of nitrogens with one attached hydrogen (secondary N) is 1. The fourth-order valence-corrected chi connectivity index (χ4v) is 2.44. The number of hydrogen-bond donors (Lipinski definition) is 1. The molecule has 0 bridgehead atoms. The summed E-state index contributed by atoms with van der Waals surface area (Å²) in [6.07, 6.45) is -1.09. The second-order valence-electron chi connectivity index (χ2n) is 5.73. The molecule has 1 N–H and O–H groups in total. The third kappa shape index (κ3) is 3.37. The summed E-state index contributed by atoms with van der Waals surface area (Å²) in [5.74, 6) is -0.877. The van der Waals surface area contributed by atoms with Crippen LogP contribution >= 0.6 is 0 Å². The molecule has 3 aromatic rings. The van der Waals surface area contributed by atoms with Crippen LogP contribution in [0.1, 0.15) is 29.9 Å². The Morgan fingerprint density at radius 2 is 2.08 bits per heavy atom. The minimum absolute atomic E-state index is 0.0198. The van der Waals surface area contributed by atoms with E-state index in [1.807, 2.05) is 12.2 Å². The van der Waals surface area contributed by atoms with Gasteiger partial charge in [-0.25, -0.2) is 9.50 Å². The first kappa shape index (κ1) is 17.8. The van der Waals surface area contributed by atoms with Crippen LogP contribution in [0.5, 0.6) is 0 Å². The SMILES string of the molecule is CCc1cc(-c2ccccn2)nc2c(C(=O)NC(C)C(F)(F)F)cnn12. The fraction of sp³-hybridized carbons (Fsp3) is 0.294. The van der Waals surface area contributed by atoms with Crippen LogP contribution in [0.3, 0.4) is 0 Å². The Bertz CT molecular complexity index is 937. The molecular formula is C17H16F3N5O. The molecule has 26 heavy (non-hydrogen) atoms. The standard InChI is InChI=1S/C17H16F3N5O/c1-3-11-8-14(13-6-4-5-7-21-13)24-15-12(9-22-25(11)15)16(26)23-10(2)17(18,19)20/h4-10H,3H2,1-2H3,(H,23,26). The highest BCUT2D eigenvalue weighted by molar-refractivity contribution is 6.00. The molecule has 0 saturated heterocycles. The first-order valence-corrected chi connectivity index (χ1v) is 7.98. The summed E-state index contributed by atoms with van der Waals surface area (Å²) in [6.45, 7) is 2.79. The molecule has 1 atom stereocenters. The zero-order valence-corrected chi connectivity index (χ0v) is 14.1. The molecular weight excluding hydrogens is 347 g/mol. The van der Waals surface area contributed by atoms with Crippen molar-refractivity contribution in [2.75, 3.05) is 0 Å². The van der Waals surface area contributed by atoms with Gasteiger partial charge in [-0.3, -0.25) is 9.78 Å². The molecule has 0 aliphatic carbocycles. The van der Waals surface area contributed by atoms with E-state index in [0.29, 0.717) is 17.8 Å². The lowest BCUT2D eigenvalue weighted by Gasteiger charge is -2.16. The van der Waals surface area contributed by atoms with Crippen LogP contribution in [0.15, 0.2) is 36.7 Å². The molecule has 3 rings (SSSR count). The van der Waals surface area contributed by atoms with E-state index >= 15 is 0 Å². The average Bonchev–Trinajstić information content (AvgIpc) is 3.04. The Balaban J connectivity index is 2.06. The Hall–Kier alpha value is -2.97. The average molecular weight is 363 g/mol. The van der Waals surface area contributed by atoms with Gasteiger partial charge in [-0.05, 0) is 31.5 Å². The number of hydrogen-bond acceptors (Lipinski definition) is 4. The Labute approximate surface area is 147 Å². The second kappa shape index (κ2) is 6.74. The quantitative estimate of drug-likeness (QED) is 0.773. The van der Waals surface area contributed by atoms with E-state index in [-0.39, 0.29) is 11.2 Å². The van der Waals surface area contributed by atoms with Gasteiger partial charge in [0.15, 0.2) is 5.65 Å². The summed E-state index contributed by atoms with van der Waals surface area (Å²) in [6, 6.07) is 5.14. The van der Waals surface area contributed by atoms with Gasteiger partial charge in [0.2, 0.25) is 0 Å². The summed E-state index contributed by atoms with van der Waals surface area (Å²) < 4.78 is 39.6. The maximum atomic E-state index is 12.7. The van der Waals surface area contributed by atoms with Gasteiger partial charge in [0.25, 0.3) is 5.91 Å². The molecule has 3 heterocycles. The maximum absolute atomic E-state index is 12.7. The highest BCUT2D eigenvalue weighted by Gasteiger charge is 2.37. The smallest absolute Gasteiger partial charge is 0.340 e. The van der Waals surface area contributed by atoms with Crippen molar-refractivity contribution >= 4 is 11.6 Å². The fourth-order valence-electron chi connectivity index (χ4n) is 2.44. The number of alkyl halides is 3. The zero-order valence-electron chi connectivity index (χ0n) is 14.1. The van der Waals surface area contributed by atoms with Crippen LogP contribution in [0.25, 0.3) is 17.0 Å². The number of aryl methyl sites for hydroxylation is 1. The molecule has 136 valence electrons. The Morgan fingerprint density at radius 3 is 2.69 bits per heavy atom. The Kier molecular flexibility index (Phi) is 4.62. The summed E-state index contributed by atoms with van der Waals surface area (Å²) in [5, 5.41) is 6.04. The molecule has 9 heteroatoms. The molecule has 0 aliphatic rings. The first-order chi connectivity index (χ1) is 12.3. The number of carbonyl (C=O) groups excluding carboxylic acids is 1. The molecule has 0 fully saturated rings. The monoisotopic (exact) mass is 363 g/mol. The van der Waals surface area contributed by atoms with Gasteiger partial charge in [-0.1, -0.05) is 13.0 Å². The first-order valence-electron chi connectivity index (χ1n) is 7.98.